The van der Waals surface area contributed by atoms with Crippen molar-refractivity contribution in [2.45, 2.75) is 6.92 Å². The molecule has 0 saturated carbocycles. The van der Waals surface area contributed by atoms with Crippen LogP contribution in [0, 0.1) is 6.92 Å². The minimum absolute atomic E-state index is 0.119. The fourth-order valence-corrected chi connectivity index (χ4v) is 1.74. The minimum Gasteiger partial charge on any atom is -0.497 e. The number of carbonyl (C=O) groups is 1. The second-order valence-corrected chi connectivity index (χ2v) is 4.08. The Morgan fingerprint density at radius 2 is 1.89 bits per heavy atom. The number of ether oxygens (including phenoxy) is 2. The monoisotopic (exact) mass is 257 g/mol. The number of rotatable bonds is 4. The number of aryl methyl sites for hydroxylation is 1. The van der Waals surface area contributed by atoms with Crippen LogP contribution in [-0.4, -0.2) is 25.0 Å². The van der Waals surface area contributed by atoms with Crippen molar-refractivity contribution >= 4 is 5.78 Å². The van der Waals surface area contributed by atoms with Gasteiger partial charge in [0.25, 0.3) is 0 Å². The summed E-state index contributed by atoms with van der Waals surface area (Å²) in [5.41, 5.74) is 1.90. The van der Waals surface area contributed by atoms with E-state index in [1.165, 1.54) is 7.11 Å². The van der Waals surface area contributed by atoms with Gasteiger partial charge in [-0.15, -0.1) is 0 Å². The van der Waals surface area contributed by atoms with Gasteiger partial charge in [-0.3, -0.25) is 9.78 Å². The molecule has 1 aromatic carbocycles. The van der Waals surface area contributed by atoms with Crippen LogP contribution >= 0.6 is 0 Å². The van der Waals surface area contributed by atoms with E-state index in [9.17, 15) is 4.79 Å². The molecule has 4 nitrogen and oxygen atoms in total. The van der Waals surface area contributed by atoms with Crippen LogP contribution in [0.5, 0.6) is 11.5 Å². The lowest BCUT2D eigenvalue weighted by atomic mass is 10.0. The molecule has 0 aliphatic rings. The number of aromatic nitrogens is 1. The molecule has 1 heterocycles. The van der Waals surface area contributed by atoms with Gasteiger partial charge in [-0.05, 0) is 31.2 Å². The molecule has 0 N–H and O–H groups in total. The van der Waals surface area contributed by atoms with Gasteiger partial charge < -0.3 is 9.47 Å². The number of hydrogen-bond donors (Lipinski definition) is 0. The molecule has 2 aromatic rings. The molecule has 2 rings (SSSR count). The zero-order chi connectivity index (χ0) is 13.8. The van der Waals surface area contributed by atoms with Crippen LogP contribution in [0.15, 0.2) is 36.5 Å². The summed E-state index contributed by atoms with van der Waals surface area (Å²) >= 11 is 0. The van der Waals surface area contributed by atoms with Gasteiger partial charge in [-0.25, -0.2) is 0 Å². The molecule has 4 heteroatoms. The molecule has 0 bridgehead atoms. The molecular weight excluding hydrogens is 242 g/mol. The van der Waals surface area contributed by atoms with Crippen molar-refractivity contribution in [2.24, 2.45) is 0 Å². The predicted octanol–water partition coefficient (Wildman–Crippen LogP) is 2.64. The average Bonchev–Trinajstić information content (AvgIpc) is 2.46. The zero-order valence-electron chi connectivity index (χ0n) is 11.1. The fraction of sp³-hybridized carbons (Fsp3) is 0.200. The molecule has 19 heavy (non-hydrogen) atoms. The molecule has 1 aromatic heterocycles. The normalized spacial score (nSPS) is 10.1. The number of methoxy groups -OCH3 is 2. The topological polar surface area (TPSA) is 48.4 Å². The van der Waals surface area contributed by atoms with Crippen LogP contribution < -0.4 is 9.47 Å². The lowest BCUT2D eigenvalue weighted by Gasteiger charge is -2.09. The average molecular weight is 257 g/mol. The third-order valence-electron chi connectivity index (χ3n) is 2.83. The summed E-state index contributed by atoms with van der Waals surface area (Å²) in [6.45, 7) is 1.88. The van der Waals surface area contributed by atoms with E-state index in [0.29, 0.717) is 22.6 Å². The Morgan fingerprint density at radius 3 is 2.47 bits per heavy atom. The lowest BCUT2D eigenvalue weighted by Crippen LogP contribution is -2.05. The third kappa shape index (κ3) is 2.73. The van der Waals surface area contributed by atoms with Gasteiger partial charge in [-0.2, -0.15) is 0 Å². The van der Waals surface area contributed by atoms with Crippen molar-refractivity contribution < 1.29 is 14.3 Å². The zero-order valence-corrected chi connectivity index (χ0v) is 11.1. The third-order valence-corrected chi connectivity index (χ3v) is 2.83. The van der Waals surface area contributed by atoms with E-state index < -0.39 is 0 Å². The molecule has 98 valence electrons. The maximum atomic E-state index is 12.4. The quantitative estimate of drug-likeness (QED) is 0.790. The Hall–Kier alpha value is -2.36. The molecule has 0 unspecified atom stereocenters. The molecule has 0 fully saturated rings. The van der Waals surface area contributed by atoms with E-state index in [-0.39, 0.29) is 5.78 Å². The van der Waals surface area contributed by atoms with Gasteiger partial charge in [0, 0.05) is 23.5 Å². The Bertz CT molecular complexity index is 591. The maximum Gasteiger partial charge on any atom is 0.198 e. The number of pyridine rings is 1. The van der Waals surface area contributed by atoms with Crippen LogP contribution in [0.25, 0.3) is 0 Å². The first-order valence-electron chi connectivity index (χ1n) is 5.85. The van der Waals surface area contributed by atoms with Crippen LogP contribution in [0.2, 0.25) is 0 Å². The number of benzene rings is 1. The highest BCUT2D eigenvalue weighted by Crippen LogP contribution is 2.26. The highest BCUT2D eigenvalue weighted by molar-refractivity contribution is 6.10. The SMILES string of the molecule is COc1ccc(C(=O)c2ccc(C)nc2)c(OC)c1. The minimum atomic E-state index is -0.119. The van der Waals surface area contributed by atoms with Crippen LogP contribution in [0.1, 0.15) is 21.6 Å². The first kappa shape index (κ1) is 13.1. The fourth-order valence-electron chi connectivity index (χ4n) is 1.74. The largest absolute Gasteiger partial charge is 0.497 e. The van der Waals surface area contributed by atoms with Gasteiger partial charge in [-0.1, -0.05) is 0 Å². The molecule has 0 aliphatic carbocycles. The van der Waals surface area contributed by atoms with E-state index >= 15 is 0 Å². The van der Waals surface area contributed by atoms with Crippen molar-refractivity contribution in [1.29, 1.82) is 0 Å². The van der Waals surface area contributed by atoms with Gasteiger partial charge in [0.05, 0.1) is 19.8 Å². The van der Waals surface area contributed by atoms with E-state index in [0.717, 1.165) is 5.69 Å². The Balaban J connectivity index is 2.40. The summed E-state index contributed by atoms with van der Waals surface area (Å²) in [5.74, 6) is 1.02. The molecule has 0 atom stereocenters. The molecule has 0 amide bonds. The molecule has 0 saturated heterocycles. The highest BCUT2D eigenvalue weighted by Gasteiger charge is 2.15. The van der Waals surface area contributed by atoms with Crippen molar-refractivity contribution in [3.8, 4) is 11.5 Å². The summed E-state index contributed by atoms with van der Waals surface area (Å²) < 4.78 is 10.3. The van der Waals surface area contributed by atoms with Crippen molar-refractivity contribution in [2.75, 3.05) is 14.2 Å². The first-order valence-corrected chi connectivity index (χ1v) is 5.85. The van der Waals surface area contributed by atoms with Gasteiger partial charge in [0.1, 0.15) is 11.5 Å². The van der Waals surface area contributed by atoms with E-state index in [1.807, 2.05) is 13.0 Å². The number of hydrogen-bond acceptors (Lipinski definition) is 4. The lowest BCUT2D eigenvalue weighted by molar-refractivity contribution is 0.103. The van der Waals surface area contributed by atoms with Crippen molar-refractivity contribution in [3.63, 3.8) is 0 Å². The smallest absolute Gasteiger partial charge is 0.198 e. The van der Waals surface area contributed by atoms with Crippen LogP contribution in [0.4, 0.5) is 0 Å². The molecular formula is C15H15NO3. The molecule has 0 radical (unpaired) electrons. The number of nitrogens with zero attached hydrogens (tertiary/aromatic N) is 1. The Kier molecular flexibility index (Phi) is 3.80. The molecule has 0 aliphatic heterocycles. The molecule has 0 spiro atoms. The summed E-state index contributed by atoms with van der Waals surface area (Å²) in [6.07, 6.45) is 1.57. The first-order chi connectivity index (χ1) is 9.15. The van der Waals surface area contributed by atoms with E-state index in [4.69, 9.17) is 9.47 Å². The van der Waals surface area contributed by atoms with E-state index in [1.54, 1.807) is 37.6 Å². The Labute approximate surface area is 112 Å². The maximum absolute atomic E-state index is 12.4. The van der Waals surface area contributed by atoms with Crippen molar-refractivity contribution in [3.05, 3.63) is 53.3 Å². The van der Waals surface area contributed by atoms with Gasteiger partial charge in [0.2, 0.25) is 0 Å². The highest BCUT2D eigenvalue weighted by atomic mass is 16.5. The summed E-state index contributed by atoms with van der Waals surface area (Å²) in [6, 6.07) is 8.68. The predicted molar refractivity (Wildman–Crippen MR) is 72.0 cm³/mol. The van der Waals surface area contributed by atoms with Gasteiger partial charge in [0.15, 0.2) is 5.78 Å². The van der Waals surface area contributed by atoms with Crippen molar-refractivity contribution in [1.82, 2.24) is 4.98 Å². The summed E-state index contributed by atoms with van der Waals surface area (Å²) in [5, 5.41) is 0. The second kappa shape index (κ2) is 5.52. The Morgan fingerprint density at radius 1 is 1.11 bits per heavy atom. The standard InChI is InChI=1S/C15H15NO3/c1-10-4-5-11(9-16-10)15(17)13-7-6-12(18-2)8-14(13)19-3/h4-9H,1-3H3. The summed E-state index contributed by atoms with van der Waals surface area (Å²) in [7, 11) is 3.10. The number of carbonyl (C=O) groups excluding carboxylic acids is 1. The van der Waals surface area contributed by atoms with Crippen LogP contribution in [-0.2, 0) is 0 Å². The second-order valence-electron chi connectivity index (χ2n) is 4.08. The van der Waals surface area contributed by atoms with E-state index in [2.05, 4.69) is 4.98 Å². The van der Waals surface area contributed by atoms with Gasteiger partial charge >= 0.3 is 0 Å². The number of ketones is 1. The van der Waals surface area contributed by atoms with Crippen LogP contribution in [0.3, 0.4) is 0 Å². The summed E-state index contributed by atoms with van der Waals surface area (Å²) in [4.78, 5) is 16.5.